The number of carbonyl (C=O) groups is 2. The second-order valence-corrected chi connectivity index (χ2v) is 9.08. The van der Waals surface area contributed by atoms with Crippen molar-refractivity contribution in [2.45, 2.75) is 23.5 Å². The van der Waals surface area contributed by atoms with E-state index in [-0.39, 0.29) is 17.5 Å². The van der Waals surface area contributed by atoms with Gasteiger partial charge in [0.1, 0.15) is 5.82 Å². The molecule has 2 amide bonds. The van der Waals surface area contributed by atoms with E-state index in [0.29, 0.717) is 16.6 Å². The van der Waals surface area contributed by atoms with Crippen molar-refractivity contribution in [2.75, 3.05) is 10.6 Å². The van der Waals surface area contributed by atoms with E-state index in [1.54, 1.807) is 18.2 Å². The molecule has 0 aliphatic carbocycles. The average Bonchev–Trinajstić information content (AvgIpc) is 2.79. The van der Waals surface area contributed by atoms with Gasteiger partial charge in [-0.05, 0) is 54.5 Å². The molecule has 32 heavy (non-hydrogen) atoms. The van der Waals surface area contributed by atoms with Crippen LogP contribution in [0, 0.1) is 5.82 Å². The molecule has 7 heteroatoms. The number of halogens is 2. The number of hydrogen-bond donors (Lipinski definition) is 2. The van der Waals surface area contributed by atoms with Crippen molar-refractivity contribution < 1.29 is 14.0 Å². The van der Waals surface area contributed by atoms with E-state index in [1.807, 2.05) is 55.5 Å². The van der Waals surface area contributed by atoms with Crippen LogP contribution in [0.3, 0.4) is 0 Å². The van der Waals surface area contributed by atoms with Crippen molar-refractivity contribution in [1.82, 2.24) is 0 Å². The van der Waals surface area contributed by atoms with Crippen LogP contribution in [0.2, 0.25) is 0 Å². The summed E-state index contributed by atoms with van der Waals surface area (Å²) < 4.78 is 14.7. The summed E-state index contributed by atoms with van der Waals surface area (Å²) in [6.45, 7) is 1.90. The molecule has 0 radical (unpaired) electrons. The molecule has 3 rings (SSSR count). The minimum Gasteiger partial charge on any atom is -0.323 e. The maximum absolute atomic E-state index is 14.1. The first-order valence-electron chi connectivity index (χ1n) is 10.0. The van der Waals surface area contributed by atoms with E-state index in [2.05, 4.69) is 26.6 Å². The molecule has 0 fully saturated rings. The molecule has 0 bridgehead atoms. The Morgan fingerprint density at radius 3 is 2.53 bits per heavy atom. The predicted molar refractivity (Wildman–Crippen MR) is 133 cm³/mol. The smallest absolute Gasteiger partial charge is 0.248 e. The second-order valence-electron chi connectivity index (χ2n) is 6.89. The summed E-state index contributed by atoms with van der Waals surface area (Å²) in [4.78, 5) is 25.7. The Morgan fingerprint density at radius 1 is 1.03 bits per heavy atom. The summed E-state index contributed by atoms with van der Waals surface area (Å²) in [6.07, 6.45) is 3.78. The fourth-order valence-electron chi connectivity index (χ4n) is 2.86. The number of rotatable bonds is 8. The Kier molecular flexibility index (Phi) is 8.64. The molecule has 164 valence electrons. The first kappa shape index (κ1) is 23.8. The molecule has 0 heterocycles. The molecule has 1 atom stereocenters. The molecule has 0 aliphatic rings. The number of hydrogen-bond acceptors (Lipinski definition) is 3. The van der Waals surface area contributed by atoms with E-state index >= 15 is 0 Å². The summed E-state index contributed by atoms with van der Waals surface area (Å²) in [7, 11) is 0. The third kappa shape index (κ3) is 7.07. The standard InChI is InChI=1S/C25H22BrFN2O2S/c1-2-23(25(31)29-22-13-12-18(26)15-21(22)27)32-20-10-6-9-19(16-20)28-24(30)14-11-17-7-4-3-5-8-17/h3-16,23H,2H2,1H3,(H,28,30)(H,29,31)/b14-11+. The lowest BCUT2D eigenvalue weighted by atomic mass is 10.2. The van der Waals surface area contributed by atoms with Gasteiger partial charge in [-0.25, -0.2) is 4.39 Å². The quantitative estimate of drug-likeness (QED) is 0.259. The lowest BCUT2D eigenvalue weighted by molar-refractivity contribution is -0.115. The summed E-state index contributed by atoms with van der Waals surface area (Å²) in [6, 6.07) is 21.3. The van der Waals surface area contributed by atoms with Crippen molar-refractivity contribution in [2.24, 2.45) is 0 Å². The van der Waals surface area contributed by atoms with Gasteiger partial charge in [-0.15, -0.1) is 11.8 Å². The summed E-state index contributed by atoms with van der Waals surface area (Å²) in [5, 5.41) is 5.07. The summed E-state index contributed by atoms with van der Waals surface area (Å²) >= 11 is 4.57. The highest BCUT2D eigenvalue weighted by molar-refractivity contribution is 9.10. The third-order valence-electron chi connectivity index (χ3n) is 4.46. The minimum absolute atomic E-state index is 0.142. The molecule has 4 nitrogen and oxygen atoms in total. The topological polar surface area (TPSA) is 58.2 Å². The van der Waals surface area contributed by atoms with Gasteiger partial charge in [0.25, 0.3) is 0 Å². The molecule has 2 N–H and O–H groups in total. The van der Waals surface area contributed by atoms with Crippen molar-refractivity contribution in [3.05, 3.63) is 94.7 Å². The lowest BCUT2D eigenvalue weighted by Gasteiger charge is -2.16. The lowest BCUT2D eigenvalue weighted by Crippen LogP contribution is -2.25. The molecule has 0 saturated carbocycles. The zero-order valence-corrected chi connectivity index (χ0v) is 19.8. The van der Waals surface area contributed by atoms with Gasteiger partial charge in [-0.3, -0.25) is 9.59 Å². The van der Waals surface area contributed by atoms with Crippen LogP contribution in [0.25, 0.3) is 6.08 Å². The normalized spacial score (nSPS) is 11.8. The molecule has 0 spiro atoms. The number of nitrogens with one attached hydrogen (secondary N) is 2. The fraction of sp³-hybridized carbons (Fsp3) is 0.120. The maximum atomic E-state index is 14.1. The van der Waals surface area contributed by atoms with Gasteiger partial charge in [0, 0.05) is 21.1 Å². The van der Waals surface area contributed by atoms with Crippen LogP contribution in [0.15, 0.2) is 88.2 Å². The Balaban J connectivity index is 1.62. The van der Waals surface area contributed by atoms with E-state index in [0.717, 1.165) is 10.5 Å². The second kappa shape index (κ2) is 11.6. The van der Waals surface area contributed by atoms with Gasteiger partial charge in [-0.1, -0.05) is 59.3 Å². The Morgan fingerprint density at radius 2 is 1.81 bits per heavy atom. The zero-order chi connectivity index (χ0) is 22.9. The number of carbonyl (C=O) groups excluding carboxylic acids is 2. The Labute approximate surface area is 199 Å². The van der Waals surface area contributed by atoms with Crippen LogP contribution in [0.1, 0.15) is 18.9 Å². The number of thioether (sulfide) groups is 1. The Bertz CT molecular complexity index is 1120. The van der Waals surface area contributed by atoms with Gasteiger partial charge < -0.3 is 10.6 Å². The van der Waals surface area contributed by atoms with E-state index < -0.39 is 11.1 Å². The largest absolute Gasteiger partial charge is 0.323 e. The van der Waals surface area contributed by atoms with Crippen LogP contribution >= 0.6 is 27.7 Å². The first-order valence-corrected chi connectivity index (χ1v) is 11.7. The van der Waals surface area contributed by atoms with Gasteiger partial charge in [0.2, 0.25) is 11.8 Å². The molecule has 0 aromatic heterocycles. The van der Waals surface area contributed by atoms with Gasteiger partial charge in [0.15, 0.2) is 0 Å². The predicted octanol–water partition coefficient (Wildman–Crippen LogP) is 6.75. The van der Waals surface area contributed by atoms with E-state index in [1.165, 1.54) is 30.0 Å². The number of anilines is 2. The van der Waals surface area contributed by atoms with Gasteiger partial charge in [0.05, 0.1) is 10.9 Å². The third-order valence-corrected chi connectivity index (χ3v) is 6.31. The zero-order valence-electron chi connectivity index (χ0n) is 17.3. The highest BCUT2D eigenvalue weighted by atomic mass is 79.9. The molecular formula is C25H22BrFN2O2S. The first-order chi connectivity index (χ1) is 15.4. The highest BCUT2D eigenvalue weighted by Crippen LogP contribution is 2.29. The van der Waals surface area contributed by atoms with Gasteiger partial charge in [-0.2, -0.15) is 0 Å². The van der Waals surface area contributed by atoms with Crippen LogP contribution in [0.5, 0.6) is 0 Å². The molecule has 3 aromatic carbocycles. The summed E-state index contributed by atoms with van der Waals surface area (Å²) in [5.41, 5.74) is 1.71. The van der Waals surface area contributed by atoms with Gasteiger partial charge >= 0.3 is 0 Å². The SMILES string of the molecule is CCC(Sc1cccc(NC(=O)/C=C/c2ccccc2)c1)C(=O)Nc1ccc(Br)cc1F. The van der Waals surface area contributed by atoms with E-state index in [9.17, 15) is 14.0 Å². The molecule has 3 aromatic rings. The monoisotopic (exact) mass is 512 g/mol. The maximum Gasteiger partial charge on any atom is 0.248 e. The fourth-order valence-corrected chi connectivity index (χ4v) is 4.20. The van der Waals surface area contributed by atoms with Crippen LogP contribution in [-0.2, 0) is 9.59 Å². The van der Waals surface area contributed by atoms with Crippen molar-refractivity contribution >= 4 is 57.0 Å². The van der Waals surface area contributed by atoms with Crippen LogP contribution in [0.4, 0.5) is 15.8 Å². The van der Waals surface area contributed by atoms with Crippen molar-refractivity contribution in [3.63, 3.8) is 0 Å². The molecule has 1 unspecified atom stereocenters. The van der Waals surface area contributed by atoms with Crippen LogP contribution in [-0.4, -0.2) is 17.1 Å². The van der Waals surface area contributed by atoms with Crippen molar-refractivity contribution in [3.8, 4) is 0 Å². The molecule has 0 aliphatic heterocycles. The molecular weight excluding hydrogens is 491 g/mol. The average molecular weight is 513 g/mol. The highest BCUT2D eigenvalue weighted by Gasteiger charge is 2.19. The van der Waals surface area contributed by atoms with Crippen LogP contribution < -0.4 is 10.6 Å². The number of amides is 2. The van der Waals surface area contributed by atoms with Crippen molar-refractivity contribution in [1.29, 1.82) is 0 Å². The number of benzene rings is 3. The Hall–Kier alpha value is -2.90. The minimum atomic E-state index is -0.499. The molecule has 0 saturated heterocycles. The summed E-state index contributed by atoms with van der Waals surface area (Å²) in [5.74, 6) is -1.02. The van der Waals surface area contributed by atoms with E-state index in [4.69, 9.17) is 0 Å².